The Bertz CT molecular complexity index is 1030. The molecule has 128 valence electrons. The number of aromatic nitrogens is 3. The minimum atomic E-state index is -3.79. The van der Waals surface area contributed by atoms with E-state index < -0.39 is 9.05 Å². The first-order valence-electron chi connectivity index (χ1n) is 6.97. The van der Waals surface area contributed by atoms with Crippen LogP contribution in [0.25, 0.3) is 23.0 Å². The lowest BCUT2D eigenvalue weighted by Crippen LogP contribution is -2.07. The van der Waals surface area contributed by atoms with Gasteiger partial charge in [0, 0.05) is 23.2 Å². The first-order valence-corrected chi connectivity index (χ1v) is 9.28. The summed E-state index contributed by atoms with van der Waals surface area (Å²) in [4.78, 5) is 19.5. The summed E-state index contributed by atoms with van der Waals surface area (Å²) in [6.45, 7) is 1.38. The molecule has 2 heterocycles. The van der Waals surface area contributed by atoms with Gasteiger partial charge >= 0.3 is 0 Å². The van der Waals surface area contributed by atoms with Gasteiger partial charge in [-0.15, -0.1) is 0 Å². The molecule has 0 aliphatic carbocycles. The van der Waals surface area contributed by atoms with Gasteiger partial charge in [-0.1, -0.05) is 11.2 Å². The number of pyridine rings is 1. The van der Waals surface area contributed by atoms with Gasteiger partial charge in [0.2, 0.25) is 11.7 Å². The second-order valence-corrected chi connectivity index (χ2v) is 7.54. The highest BCUT2D eigenvalue weighted by Gasteiger charge is 2.14. The van der Waals surface area contributed by atoms with Gasteiger partial charge in [-0.2, -0.15) is 4.98 Å². The van der Waals surface area contributed by atoms with Gasteiger partial charge in [0.1, 0.15) is 11.5 Å². The van der Waals surface area contributed by atoms with E-state index >= 15 is 0 Å². The highest BCUT2D eigenvalue weighted by molar-refractivity contribution is 8.13. The molecule has 0 aliphatic rings. The minimum Gasteiger partial charge on any atom is -0.332 e. The molecule has 0 atom stereocenters. The van der Waals surface area contributed by atoms with Gasteiger partial charge in [0.15, 0.2) is 0 Å². The molecule has 10 heteroatoms. The summed E-state index contributed by atoms with van der Waals surface area (Å²) in [5.41, 5.74) is 0.946. The van der Waals surface area contributed by atoms with Crippen molar-refractivity contribution in [2.45, 2.75) is 11.8 Å². The van der Waals surface area contributed by atoms with E-state index in [0.717, 1.165) is 0 Å². The molecule has 0 unspecified atom stereocenters. The quantitative estimate of drug-likeness (QED) is 0.694. The zero-order chi connectivity index (χ0) is 18.0. The van der Waals surface area contributed by atoms with E-state index in [0.29, 0.717) is 17.1 Å². The summed E-state index contributed by atoms with van der Waals surface area (Å²) in [5, 5.41) is 6.41. The Kier molecular flexibility index (Phi) is 4.51. The fourth-order valence-corrected chi connectivity index (χ4v) is 2.78. The molecule has 8 nitrogen and oxygen atoms in total. The maximum Gasteiger partial charge on any atom is 0.276 e. The lowest BCUT2D eigenvalue weighted by Gasteiger charge is -2.01. The summed E-state index contributed by atoms with van der Waals surface area (Å²) >= 11 is 0. The summed E-state index contributed by atoms with van der Waals surface area (Å²) in [6, 6.07) is 10.7. The number of anilines is 1. The van der Waals surface area contributed by atoms with Crippen molar-refractivity contribution in [1.29, 1.82) is 0 Å². The van der Waals surface area contributed by atoms with Crippen LogP contribution in [0.15, 0.2) is 51.9 Å². The number of carbonyl (C=O) groups is 1. The normalized spacial score (nSPS) is 11.3. The van der Waals surface area contributed by atoms with E-state index in [9.17, 15) is 13.2 Å². The molecule has 2 aromatic heterocycles. The van der Waals surface area contributed by atoms with Crippen LogP contribution in [-0.4, -0.2) is 29.4 Å². The first kappa shape index (κ1) is 17.1. The van der Waals surface area contributed by atoms with Crippen LogP contribution in [0.5, 0.6) is 0 Å². The highest BCUT2D eigenvalue weighted by Crippen LogP contribution is 2.24. The number of hydrogen-bond donors (Lipinski definition) is 1. The average molecular weight is 379 g/mol. The Morgan fingerprint density at radius 1 is 1.12 bits per heavy atom. The van der Waals surface area contributed by atoms with E-state index in [-0.39, 0.29) is 22.5 Å². The van der Waals surface area contributed by atoms with Crippen LogP contribution in [0.1, 0.15) is 6.92 Å². The highest BCUT2D eigenvalue weighted by atomic mass is 35.7. The predicted molar refractivity (Wildman–Crippen MR) is 90.3 cm³/mol. The average Bonchev–Trinajstić information content (AvgIpc) is 3.04. The molecule has 0 saturated heterocycles. The van der Waals surface area contributed by atoms with Crippen molar-refractivity contribution in [2.75, 3.05) is 5.32 Å². The smallest absolute Gasteiger partial charge is 0.276 e. The monoisotopic (exact) mass is 378 g/mol. The molecule has 1 N–H and O–H groups in total. The Morgan fingerprint density at radius 2 is 1.84 bits per heavy atom. The topological polar surface area (TPSA) is 115 Å². The van der Waals surface area contributed by atoms with Crippen LogP contribution in [-0.2, 0) is 13.8 Å². The number of benzene rings is 1. The van der Waals surface area contributed by atoms with Crippen LogP contribution >= 0.6 is 10.7 Å². The molecule has 0 saturated carbocycles. The van der Waals surface area contributed by atoms with E-state index in [1.54, 1.807) is 18.2 Å². The lowest BCUT2D eigenvalue weighted by atomic mass is 10.2. The second kappa shape index (κ2) is 6.61. The van der Waals surface area contributed by atoms with Gasteiger partial charge in [0.25, 0.3) is 14.9 Å². The molecule has 3 rings (SSSR count). The third kappa shape index (κ3) is 4.01. The summed E-state index contributed by atoms with van der Waals surface area (Å²) in [5.74, 6) is 0.545. The van der Waals surface area contributed by atoms with Crippen molar-refractivity contribution in [3.05, 3.63) is 42.5 Å². The fourth-order valence-electron chi connectivity index (χ4n) is 2.02. The number of hydrogen-bond acceptors (Lipinski definition) is 7. The third-order valence-electron chi connectivity index (χ3n) is 3.09. The van der Waals surface area contributed by atoms with E-state index in [4.69, 9.17) is 15.2 Å². The van der Waals surface area contributed by atoms with E-state index in [1.165, 1.54) is 31.2 Å². The van der Waals surface area contributed by atoms with Gasteiger partial charge < -0.3 is 9.84 Å². The number of rotatable bonds is 4. The van der Waals surface area contributed by atoms with E-state index in [2.05, 4.69) is 20.4 Å². The number of halogens is 1. The van der Waals surface area contributed by atoms with Gasteiger partial charge in [-0.3, -0.25) is 4.79 Å². The number of nitrogens with zero attached hydrogens (tertiary/aromatic N) is 3. The number of carbonyl (C=O) groups excluding carboxylic acids is 1. The minimum absolute atomic E-state index is 0.0219. The molecular weight excluding hydrogens is 368 g/mol. The van der Waals surface area contributed by atoms with Gasteiger partial charge in [-0.25, -0.2) is 13.4 Å². The SMILES string of the molecule is CC(=O)Nc1cccc(-c2nc(-c3ccc(S(=O)(=O)Cl)cc3)no2)n1. The van der Waals surface area contributed by atoms with Crippen LogP contribution in [0.2, 0.25) is 0 Å². The Morgan fingerprint density at radius 3 is 2.48 bits per heavy atom. The van der Waals surface area contributed by atoms with Crippen molar-refractivity contribution in [2.24, 2.45) is 0 Å². The fraction of sp³-hybridized carbons (Fsp3) is 0.0667. The molecule has 25 heavy (non-hydrogen) atoms. The predicted octanol–water partition coefficient (Wildman–Crippen LogP) is 2.68. The molecule has 0 radical (unpaired) electrons. The zero-order valence-corrected chi connectivity index (χ0v) is 14.4. The standard InChI is InChI=1S/C15H11ClN4O4S/c1-9(21)17-13-4-2-3-12(18-13)15-19-14(20-24-15)10-5-7-11(8-6-10)25(16,22)23/h2-8H,1H3,(H,17,18,21). The molecule has 1 aromatic carbocycles. The van der Waals surface area contributed by atoms with Crippen molar-refractivity contribution < 1.29 is 17.7 Å². The van der Waals surface area contributed by atoms with E-state index in [1.807, 2.05) is 0 Å². The third-order valence-corrected chi connectivity index (χ3v) is 4.46. The van der Waals surface area contributed by atoms with Crippen LogP contribution in [0.3, 0.4) is 0 Å². The van der Waals surface area contributed by atoms with Crippen LogP contribution in [0.4, 0.5) is 5.82 Å². The second-order valence-electron chi connectivity index (χ2n) is 4.97. The number of amides is 1. The van der Waals surface area contributed by atoms with Crippen molar-refractivity contribution in [3.8, 4) is 23.0 Å². The molecule has 0 bridgehead atoms. The summed E-state index contributed by atoms with van der Waals surface area (Å²) < 4.78 is 27.7. The van der Waals surface area contributed by atoms with Gasteiger partial charge in [0.05, 0.1) is 4.90 Å². The van der Waals surface area contributed by atoms with Crippen LogP contribution < -0.4 is 5.32 Å². The molecule has 0 fully saturated rings. The maximum atomic E-state index is 11.3. The molecule has 3 aromatic rings. The first-order chi connectivity index (χ1) is 11.8. The summed E-state index contributed by atoms with van der Waals surface area (Å²) in [7, 11) is 1.49. The van der Waals surface area contributed by atoms with Crippen molar-refractivity contribution in [3.63, 3.8) is 0 Å². The molecule has 0 spiro atoms. The molecule has 1 amide bonds. The van der Waals surface area contributed by atoms with Crippen LogP contribution in [0, 0.1) is 0 Å². The largest absolute Gasteiger partial charge is 0.332 e. The maximum absolute atomic E-state index is 11.3. The Balaban J connectivity index is 1.89. The Labute approximate surface area is 147 Å². The van der Waals surface area contributed by atoms with Gasteiger partial charge in [-0.05, 0) is 36.4 Å². The number of nitrogens with one attached hydrogen (secondary N) is 1. The molecule has 0 aliphatic heterocycles. The zero-order valence-electron chi connectivity index (χ0n) is 12.8. The lowest BCUT2D eigenvalue weighted by molar-refractivity contribution is -0.114. The Hall–Kier alpha value is -2.78. The van der Waals surface area contributed by atoms with Crippen molar-refractivity contribution in [1.82, 2.24) is 15.1 Å². The molecular formula is C15H11ClN4O4S. The summed E-state index contributed by atoms with van der Waals surface area (Å²) in [6.07, 6.45) is 0. The van der Waals surface area contributed by atoms with Crippen molar-refractivity contribution >= 4 is 31.5 Å².